The number of benzene rings is 2. The maximum Gasteiger partial charge on any atom is 0.254 e. The lowest BCUT2D eigenvalue weighted by atomic mass is 10.1. The van der Waals surface area contributed by atoms with Gasteiger partial charge in [0.2, 0.25) is 0 Å². The number of carbonyl (C=O) groups is 1. The number of amides is 1. The van der Waals surface area contributed by atoms with Gasteiger partial charge in [0.05, 0.1) is 12.8 Å². The second-order valence-corrected chi connectivity index (χ2v) is 6.32. The Labute approximate surface area is 151 Å². The first kappa shape index (κ1) is 16.3. The molecule has 26 heavy (non-hydrogen) atoms. The predicted octanol–water partition coefficient (Wildman–Crippen LogP) is 2.48. The van der Waals surface area contributed by atoms with Gasteiger partial charge in [-0.05, 0) is 59.2 Å². The Morgan fingerprint density at radius 3 is 2.69 bits per heavy atom. The monoisotopic (exact) mass is 349 g/mol. The number of hydrogen-bond donors (Lipinski definition) is 0. The third-order valence-corrected chi connectivity index (χ3v) is 4.47. The van der Waals surface area contributed by atoms with Gasteiger partial charge in [0.1, 0.15) is 12.1 Å². The third kappa shape index (κ3) is 3.42. The quantitative estimate of drug-likeness (QED) is 0.683. The van der Waals surface area contributed by atoms with Crippen LogP contribution in [0.15, 0.2) is 54.9 Å². The summed E-state index contributed by atoms with van der Waals surface area (Å²) in [6, 6.07) is 15.5. The zero-order chi connectivity index (χ0) is 17.9. The zero-order valence-corrected chi connectivity index (χ0v) is 14.4. The van der Waals surface area contributed by atoms with Gasteiger partial charge in [-0.25, -0.2) is 4.68 Å². The Morgan fingerprint density at radius 1 is 1.23 bits per heavy atom. The fourth-order valence-electron chi connectivity index (χ4n) is 2.91. The topological polar surface area (TPSA) is 73.1 Å². The summed E-state index contributed by atoms with van der Waals surface area (Å²) in [5.41, 5.74) is 2.49. The molecule has 0 N–H and O–H groups in total. The minimum Gasteiger partial charge on any atom is -0.497 e. The first-order chi connectivity index (χ1) is 12.7. The van der Waals surface area contributed by atoms with Crippen LogP contribution in [0.3, 0.4) is 0 Å². The molecular formula is C19H19N5O2. The summed E-state index contributed by atoms with van der Waals surface area (Å²) in [5.74, 6) is 0.838. The molecule has 0 atom stereocenters. The van der Waals surface area contributed by atoms with Crippen molar-refractivity contribution in [1.29, 1.82) is 0 Å². The van der Waals surface area contributed by atoms with Crippen LogP contribution in [0.5, 0.6) is 5.75 Å². The highest BCUT2D eigenvalue weighted by atomic mass is 16.5. The fourth-order valence-corrected chi connectivity index (χ4v) is 2.91. The fraction of sp³-hybridized carbons (Fsp3) is 0.263. The van der Waals surface area contributed by atoms with Crippen molar-refractivity contribution in [1.82, 2.24) is 25.1 Å². The smallest absolute Gasteiger partial charge is 0.254 e. The zero-order valence-electron chi connectivity index (χ0n) is 14.4. The normalized spacial score (nSPS) is 13.4. The van der Waals surface area contributed by atoms with Gasteiger partial charge in [-0.3, -0.25) is 4.79 Å². The Hall–Kier alpha value is -3.22. The molecule has 7 nitrogen and oxygen atoms in total. The molecule has 1 fully saturated rings. The molecule has 1 heterocycles. The number of nitrogens with zero attached hydrogens (tertiary/aromatic N) is 5. The summed E-state index contributed by atoms with van der Waals surface area (Å²) in [7, 11) is 1.65. The molecule has 2 aromatic carbocycles. The van der Waals surface area contributed by atoms with Crippen LogP contribution in [-0.2, 0) is 6.54 Å². The van der Waals surface area contributed by atoms with E-state index in [1.807, 2.05) is 53.4 Å². The van der Waals surface area contributed by atoms with Crippen LogP contribution in [0, 0.1) is 0 Å². The molecule has 3 aromatic rings. The molecule has 7 heteroatoms. The largest absolute Gasteiger partial charge is 0.497 e. The molecule has 0 aliphatic heterocycles. The second kappa shape index (κ2) is 6.95. The average Bonchev–Trinajstić information content (AvgIpc) is 3.38. The highest BCUT2D eigenvalue weighted by Gasteiger charge is 2.33. The first-order valence-electron chi connectivity index (χ1n) is 8.52. The lowest BCUT2D eigenvalue weighted by molar-refractivity contribution is 0.0730. The summed E-state index contributed by atoms with van der Waals surface area (Å²) in [5, 5.41) is 11.2. The van der Waals surface area contributed by atoms with E-state index in [4.69, 9.17) is 4.74 Å². The van der Waals surface area contributed by atoms with Gasteiger partial charge in [0, 0.05) is 18.2 Å². The minimum atomic E-state index is 0.0262. The Kier molecular flexibility index (Phi) is 4.35. The molecule has 1 amide bonds. The van der Waals surface area contributed by atoms with Gasteiger partial charge in [-0.15, -0.1) is 5.10 Å². The Balaban J connectivity index is 1.56. The van der Waals surface area contributed by atoms with E-state index < -0.39 is 0 Å². The van der Waals surface area contributed by atoms with E-state index in [-0.39, 0.29) is 5.91 Å². The number of hydrogen-bond acceptors (Lipinski definition) is 5. The van der Waals surface area contributed by atoms with Crippen molar-refractivity contribution >= 4 is 5.91 Å². The van der Waals surface area contributed by atoms with Crippen LogP contribution in [0.4, 0.5) is 0 Å². The van der Waals surface area contributed by atoms with Crippen LogP contribution < -0.4 is 4.74 Å². The van der Waals surface area contributed by atoms with Crippen molar-refractivity contribution in [2.75, 3.05) is 7.11 Å². The van der Waals surface area contributed by atoms with E-state index in [0.29, 0.717) is 18.2 Å². The van der Waals surface area contributed by atoms with Crippen LogP contribution in [0.1, 0.15) is 28.8 Å². The van der Waals surface area contributed by atoms with Crippen molar-refractivity contribution in [2.24, 2.45) is 0 Å². The Bertz CT molecular complexity index is 889. The average molecular weight is 349 g/mol. The molecule has 0 saturated heterocycles. The lowest BCUT2D eigenvalue weighted by Crippen LogP contribution is -2.32. The highest BCUT2D eigenvalue weighted by molar-refractivity contribution is 5.95. The molecule has 0 bridgehead atoms. The molecule has 132 valence electrons. The van der Waals surface area contributed by atoms with Gasteiger partial charge in [-0.2, -0.15) is 0 Å². The van der Waals surface area contributed by atoms with Gasteiger partial charge < -0.3 is 9.64 Å². The Morgan fingerprint density at radius 2 is 2.04 bits per heavy atom. The van der Waals surface area contributed by atoms with E-state index in [0.717, 1.165) is 29.8 Å². The number of tetrazole rings is 1. The molecule has 0 radical (unpaired) electrons. The molecule has 0 spiro atoms. The van der Waals surface area contributed by atoms with E-state index in [2.05, 4.69) is 15.5 Å². The van der Waals surface area contributed by atoms with Gasteiger partial charge >= 0.3 is 0 Å². The van der Waals surface area contributed by atoms with E-state index >= 15 is 0 Å². The van der Waals surface area contributed by atoms with Crippen molar-refractivity contribution in [3.63, 3.8) is 0 Å². The van der Waals surface area contributed by atoms with Gasteiger partial charge in [0.15, 0.2) is 0 Å². The second-order valence-electron chi connectivity index (χ2n) is 6.32. The van der Waals surface area contributed by atoms with Crippen molar-refractivity contribution in [3.05, 3.63) is 66.0 Å². The van der Waals surface area contributed by atoms with Gasteiger partial charge in [0.25, 0.3) is 5.91 Å². The molecule has 4 rings (SSSR count). The number of methoxy groups -OCH3 is 1. The maximum atomic E-state index is 13.1. The summed E-state index contributed by atoms with van der Waals surface area (Å²) < 4.78 is 6.74. The molecule has 1 aromatic heterocycles. The molecule has 0 unspecified atom stereocenters. The number of carbonyl (C=O) groups excluding carboxylic acids is 1. The minimum absolute atomic E-state index is 0.0262. The summed E-state index contributed by atoms with van der Waals surface area (Å²) >= 11 is 0. The third-order valence-electron chi connectivity index (χ3n) is 4.47. The first-order valence-corrected chi connectivity index (χ1v) is 8.52. The van der Waals surface area contributed by atoms with E-state index in [1.165, 1.54) is 6.33 Å². The SMILES string of the molecule is COc1ccc(CN(C(=O)c2cccc(-n3cnnn3)c2)C2CC2)cc1. The van der Waals surface area contributed by atoms with Crippen LogP contribution >= 0.6 is 0 Å². The maximum absolute atomic E-state index is 13.1. The standard InChI is InChI=1S/C19H19N5O2/c1-26-18-9-5-14(6-10-18)12-23(16-7-8-16)19(25)15-3-2-4-17(11-15)24-13-20-21-22-24/h2-6,9-11,13,16H,7-8,12H2,1H3. The molecule has 1 aliphatic carbocycles. The molecule has 1 saturated carbocycles. The molecular weight excluding hydrogens is 330 g/mol. The number of ether oxygens (including phenoxy) is 1. The highest BCUT2D eigenvalue weighted by Crippen LogP contribution is 2.30. The summed E-state index contributed by atoms with van der Waals surface area (Å²) in [4.78, 5) is 15.1. The summed E-state index contributed by atoms with van der Waals surface area (Å²) in [6.07, 6.45) is 3.61. The van der Waals surface area contributed by atoms with Crippen molar-refractivity contribution in [3.8, 4) is 11.4 Å². The van der Waals surface area contributed by atoms with Crippen LogP contribution in [0.2, 0.25) is 0 Å². The van der Waals surface area contributed by atoms with Crippen LogP contribution in [-0.4, -0.2) is 44.2 Å². The summed E-state index contributed by atoms with van der Waals surface area (Å²) in [6.45, 7) is 0.586. The van der Waals surface area contributed by atoms with Crippen LogP contribution in [0.25, 0.3) is 5.69 Å². The van der Waals surface area contributed by atoms with E-state index in [9.17, 15) is 4.79 Å². The predicted molar refractivity (Wildman–Crippen MR) is 95.0 cm³/mol. The number of rotatable bonds is 6. The van der Waals surface area contributed by atoms with Crippen molar-refractivity contribution in [2.45, 2.75) is 25.4 Å². The van der Waals surface area contributed by atoms with Crippen molar-refractivity contribution < 1.29 is 9.53 Å². The molecule has 1 aliphatic rings. The van der Waals surface area contributed by atoms with Gasteiger partial charge in [-0.1, -0.05) is 18.2 Å². The number of aromatic nitrogens is 4. The lowest BCUT2D eigenvalue weighted by Gasteiger charge is -2.23. The van der Waals surface area contributed by atoms with E-state index in [1.54, 1.807) is 11.8 Å².